The summed E-state index contributed by atoms with van der Waals surface area (Å²) in [5.41, 5.74) is 0.577. The fourth-order valence-corrected chi connectivity index (χ4v) is 2.65. The van der Waals surface area contributed by atoms with Crippen molar-refractivity contribution in [3.63, 3.8) is 0 Å². The van der Waals surface area contributed by atoms with Crippen LogP contribution >= 0.6 is 12.2 Å². The van der Waals surface area contributed by atoms with Crippen LogP contribution in [0, 0.1) is 5.82 Å². The van der Waals surface area contributed by atoms with Gasteiger partial charge in [-0.15, -0.1) is 0 Å². The molecule has 0 spiro atoms. The second-order valence-electron chi connectivity index (χ2n) is 4.98. The Labute approximate surface area is 143 Å². The number of nitrogens with one attached hydrogen (secondary N) is 1. The molecule has 122 valence electrons. The maximum atomic E-state index is 13.9. The lowest BCUT2D eigenvalue weighted by molar-refractivity contribution is -0.113. The number of para-hydroxylation sites is 2. The number of anilines is 1. The lowest BCUT2D eigenvalue weighted by atomic mass is 10.1. The van der Waals surface area contributed by atoms with E-state index >= 15 is 0 Å². The largest absolute Gasteiger partial charge is 0.504 e. The highest BCUT2D eigenvalue weighted by molar-refractivity contribution is 7.80. The van der Waals surface area contributed by atoms with Crippen LogP contribution in [0.2, 0.25) is 0 Å². The van der Waals surface area contributed by atoms with E-state index in [2.05, 4.69) is 5.32 Å². The molecule has 1 amide bonds. The molecule has 1 saturated heterocycles. The number of hydrogen-bond donors (Lipinski definition) is 2. The van der Waals surface area contributed by atoms with Gasteiger partial charge in [-0.25, -0.2) is 9.29 Å². The molecule has 2 aromatic rings. The molecular weight excluding hydrogens is 331 g/mol. The number of phenols is 1. The van der Waals surface area contributed by atoms with Crippen LogP contribution in [0.5, 0.6) is 11.5 Å². The molecule has 5 nitrogen and oxygen atoms in total. The van der Waals surface area contributed by atoms with Gasteiger partial charge in [0.2, 0.25) is 0 Å². The van der Waals surface area contributed by atoms with E-state index in [1.807, 2.05) is 0 Å². The first-order chi connectivity index (χ1) is 11.5. The van der Waals surface area contributed by atoms with Gasteiger partial charge in [-0.2, -0.15) is 0 Å². The Bertz CT molecular complexity index is 867. The lowest BCUT2D eigenvalue weighted by Crippen LogP contribution is -2.31. The van der Waals surface area contributed by atoms with Crippen LogP contribution in [0.1, 0.15) is 5.56 Å². The van der Waals surface area contributed by atoms with Crippen molar-refractivity contribution < 1.29 is 19.0 Å². The zero-order valence-electron chi connectivity index (χ0n) is 12.6. The zero-order chi connectivity index (χ0) is 17.3. The molecule has 0 atom stereocenters. The third-order valence-corrected chi connectivity index (χ3v) is 3.81. The summed E-state index contributed by atoms with van der Waals surface area (Å²) >= 11 is 5.13. The number of methoxy groups -OCH3 is 1. The van der Waals surface area contributed by atoms with Crippen molar-refractivity contribution in [2.45, 2.75) is 0 Å². The molecular formula is C17H13FN2O3S. The topological polar surface area (TPSA) is 61.8 Å². The number of ether oxygens (including phenoxy) is 1. The van der Waals surface area contributed by atoms with Crippen molar-refractivity contribution in [3.8, 4) is 11.5 Å². The average Bonchev–Trinajstić information content (AvgIpc) is 2.84. The average molecular weight is 344 g/mol. The van der Waals surface area contributed by atoms with Crippen LogP contribution in [-0.4, -0.2) is 23.2 Å². The highest BCUT2D eigenvalue weighted by atomic mass is 32.1. The summed E-state index contributed by atoms with van der Waals surface area (Å²) in [5, 5.41) is 12.9. The van der Waals surface area contributed by atoms with Gasteiger partial charge >= 0.3 is 0 Å². The summed E-state index contributed by atoms with van der Waals surface area (Å²) in [6, 6.07) is 10.8. The van der Waals surface area contributed by atoms with E-state index in [-0.39, 0.29) is 28.0 Å². The number of thiocarbonyl (C=S) groups is 1. The smallest absolute Gasteiger partial charge is 0.281 e. The number of carbonyl (C=O) groups excluding carboxylic acids is 1. The first kappa shape index (κ1) is 15.9. The Morgan fingerprint density at radius 3 is 2.71 bits per heavy atom. The van der Waals surface area contributed by atoms with Gasteiger partial charge in [0.05, 0.1) is 12.8 Å². The molecule has 3 rings (SSSR count). The molecule has 0 aliphatic carbocycles. The fraction of sp³-hybridized carbons (Fsp3) is 0.0588. The number of rotatable bonds is 3. The van der Waals surface area contributed by atoms with Crippen LogP contribution in [0.15, 0.2) is 48.2 Å². The minimum Gasteiger partial charge on any atom is -0.504 e. The Kier molecular flexibility index (Phi) is 4.18. The Hall–Kier alpha value is -2.93. The molecule has 0 saturated carbocycles. The number of hydrogen-bond acceptors (Lipinski definition) is 4. The second-order valence-corrected chi connectivity index (χ2v) is 5.36. The van der Waals surface area contributed by atoms with E-state index < -0.39 is 11.7 Å². The van der Waals surface area contributed by atoms with Gasteiger partial charge in [0.25, 0.3) is 5.91 Å². The molecule has 1 aliphatic heterocycles. The number of phenolic OH excluding ortho intramolecular Hbond substituents is 1. The van der Waals surface area contributed by atoms with Crippen molar-refractivity contribution >= 4 is 35.0 Å². The molecule has 1 aliphatic rings. The second kappa shape index (κ2) is 6.29. The van der Waals surface area contributed by atoms with E-state index in [4.69, 9.17) is 17.0 Å². The first-order valence-corrected chi connectivity index (χ1v) is 7.41. The van der Waals surface area contributed by atoms with E-state index in [1.165, 1.54) is 31.4 Å². The molecule has 7 heteroatoms. The maximum absolute atomic E-state index is 13.9. The fourth-order valence-electron chi connectivity index (χ4n) is 2.36. The quantitative estimate of drug-likeness (QED) is 0.662. The van der Waals surface area contributed by atoms with Gasteiger partial charge in [0, 0.05) is 5.56 Å². The van der Waals surface area contributed by atoms with Crippen molar-refractivity contribution in [2.24, 2.45) is 0 Å². The van der Waals surface area contributed by atoms with Gasteiger partial charge in [-0.05, 0) is 36.5 Å². The standard InChI is InChI=1S/C17H13FN2O3S/c1-23-14-8-4-5-10(15(14)21)9-12-16(22)20(17(24)19-12)13-7-3-2-6-11(13)18/h2-9,21H,1H3,(H,19,24). The van der Waals surface area contributed by atoms with Gasteiger partial charge < -0.3 is 15.2 Å². The third kappa shape index (κ3) is 2.69. The number of amides is 1. The summed E-state index contributed by atoms with van der Waals surface area (Å²) < 4.78 is 19.0. The molecule has 24 heavy (non-hydrogen) atoms. The van der Waals surface area contributed by atoms with Crippen LogP contribution in [0.4, 0.5) is 10.1 Å². The van der Waals surface area contributed by atoms with Gasteiger partial charge in [0.1, 0.15) is 11.5 Å². The van der Waals surface area contributed by atoms with Crippen LogP contribution < -0.4 is 15.0 Å². The molecule has 0 unspecified atom stereocenters. The molecule has 1 heterocycles. The van der Waals surface area contributed by atoms with E-state index in [9.17, 15) is 14.3 Å². The summed E-state index contributed by atoms with van der Waals surface area (Å²) in [7, 11) is 1.43. The third-order valence-electron chi connectivity index (χ3n) is 3.52. The molecule has 0 radical (unpaired) electrons. The number of halogens is 1. The molecule has 0 aromatic heterocycles. The number of benzene rings is 2. The lowest BCUT2D eigenvalue weighted by Gasteiger charge is -2.14. The van der Waals surface area contributed by atoms with Crippen molar-refractivity contribution in [1.29, 1.82) is 0 Å². The van der Waals surface area contributed by atoms with Crippen LogP contribution in [-0.2, 0) is 4.79 Å². The Balaban J connectivity index is 1.99. The number of nitrogens with zero attached hydrogens (tertiary/aromatic N) is 1. The number of aromatic hydroxyl groups is 1. The highest BCUT2D eigenvalue weighted by Crippen LogP contribution is 2.32. The van der Waals surface area contributed by atoms with Crippen molar-refractivity contribution in [2.75, 3.05) is 12.0 Å². The predicted molar refractivity (Wildman–Crippen MR) is 92.3 cm³/mol. The predicted octanol–water partition coefficient (Wildman–Crippen LogP) is 2.80. The summed E-state index contributed by atoms with van der Waals surface area (Å²) in [6.45, 7) is 0. The van der Waals surface area contributed by atoms with Gasteiger partial charge in [-0.3, -0.25) is 4.79 Å². The normalized spacial score (nSPS) is 15.8. The first-order valence-electron chi connectivity index (χ1n) is 7.00. The minimum atomic E-state index is -0.555. The molecule has 2 N–H and O–H groups in total. The Morgan fingerprint density at radius 2 is 2.00 bits per heavy atom. The minimum absolute atomic E-state index is 0.0678. The summed E-state index contributed by atoms with van der Waals surface area (Å²) in [5.74, 6) is -0.881. The van der Waals surface area contributed by atoms with Crippen molar-refractivity contribution in [1.82, 2.24) is 5.32 Å². The van der Waals surface area contributed by atoms with Crippen LogP contribution in [0.25, 0.3) is 6.08 Å². The van der Waals surface area contributed by atoms with E-state index in [0.29, 0.717) is 5.56 Å². The van der Waals surface area contributed by atoms with Gasteiger partial charge in [-0.1, -0.05) is 24.3 Å². The van der Waals surface area contributed by atoms with E-state index in [1.54, 1.807) is 24.3 Å². The molecule has 1 fully saturated rings. The Morgan fingerprint density at radius 1 is 1.25 bits per heavy atom. The molecule has 2 aromatic carbocycles. The van der Waals surface area contributed by atoms with E-state index in [0.717, 1.165) is 4.90 Å². The zero-order valence-corrected chi connectivity index (χ0v) is 13.4. The summed E-state index contributed by atoms with van der Waals surface area (Å²) in [4.78, 5) is 13.6. The highest BCUT2D eigenvalue weighted by Gasteiger charge is 2.33. The number of carbonyl (C=O) groups is 1. The monoisotopic (exact) mass is 344 g/mol. The van der Waals surface area contributed by atoms with Gasteiger partial charge in [0.15, 0.2) is 16.6 Å². The SMILES string of the molecule is COc1cccc(C=C2NC(=S)N(c3ccccc3F)C2=O)c1O. The van der Waals surface area contributed by atoms with Crippen molar-refractivity contribution in [3.05, 3.63) is 59.5 Å². The summed E-state index contributed by atoms with van der Waals surface area (Å²) in [6.07, 6.45) is 1.44. The maximum Gasteiger partial charge on any atom is 0.281 e. The molecule has 0 bridgehead atoms. The van der Waals surface area contributed by atoms with Crippen LogP contribution in [0.3, 0.4) is 0 Å².